The second-order valence-electron chi connectivity index (χ2n) is 2.54. The van der Waals surface area contributed by atoms with Crippen LogP contribution < -0.4 is 0 Å². The molecule has 1 aromatic carbocycles. The molecule has 0 saturated heterocycles. The highest BCUT2D eigenvalue weighted by Crippen LogP contribution is 2.14. The molecule has 0 nitrogen and oxygen atoms in total. The molecule has 0 fully saturated rings. The molecule has 12 heavy (non-hydrogen) atoms. The minimum absolute atomic E-state index is 0.127. The number of aryl methyl sites for hydroxylation is 1. The first kappa shape index (κ1) is 10.4. The van der Waals surface area contributed by atoms with Crippen molar-refractivity contribution in [3.63, 3.8) is 0 Å². The molecule has 66 valence electrons. The van der Waals surface area contributed by atoms with Crippen LogP contribution in [0, 0.1) is 9.39 Å². The van der Waals surface area contributed by atoms with E-state index < -0.39 is 0 Å². The van der Waals surface area contributed by atoms with E-state index in [1.54, 1.807) is 0 Å². The fourth-order valence-electron chi connectivity index (χ4n) is 0.966. The van der Waals surface area contributed by atoms with Crippen LogP contribution in [-0.2, 0) is 6.42 Å². The number of halogens is 3. The third-order valence-electron chi connectivity index (χ3n) is 1.58. The second-order valence-corrected chi connectivity index (χ2v) is 4.50. The summed E-state index contributed by atoms with van der Waals surface area (Å²) in [6.45, 7) is 0. The molecule has 1 rings (SSSR count). The number of benzene rings is 1. The lowest BCUT2D eigenvalue weighted by molar-refractivity contribution is 0.619. The Morgan fingerprint density at radius 3 is 2.75 bits per heavy atom. The number of hydrogen-bond donors (Lipinski definition) is 0. The van der Waals surface area contributed by atoms with Gasteiger partial charge in [0.05, 0.1) is 0 Å². The van der Waals surface area contributed by atoms with Gasteiger partial charge in [-0.25, -0.2) is 4.39 Å². The van der Waals surface area contributed by atoms with Crippen molar-refractivity contribution in [2.45, 2.75) is 12.8 Å². The van der Waals surface area contributed by atoms with E-state index in [2.05, 4.69) is 15.9 Å². The molecule has 0 aliphatic carbocycles. The van der Waals surface area contributed by atoms with Crippen LogP contribution >= 0.6 is 38.5 Å². The molecule has 0 aliphatic heterocycles. The molecule has 0 amide bonds. The lowest BCUT2D eigenvalue weighted by Crippen LogP contribution is -1.89. The van der Waals surface area contributed by atoms with E-state index in [9.17, 15) is 4.39 Å². The zero-order valence-corrected chi connectivity index (χ0v) is 10.2. The molecular weight excluding hydrogens is 334 g/mol. The van der Waals surface area contributed by atoms with Crippen LogP contribution in [0.2, 0.25) is 0 Å². The van der Waals surface area contributed by atoms with Crippen molar-refractivity contribution in [2.24, 2.45) is 0 Å². The van der Waals surface area contributed by atoms with E-state index in [0.717, 1.165) is 18.2 Å². The van der Waals surface area contributed by atoms with Gasteiger partial charge in [-0.15, -0.1) is 0 Å². The van der Waals surface area contributed by atoms with Gasteiger partial charge in [0.1, 0.15) is 5.82 Å². The van der Waals surface area contributed by atoms with E-state index in [4.69, 9.17) is 0 Å². The highest BCUT2D eigenvalue weighted by atomic mass is 127. The molecular formula is C9H9BrFI. The quantitative estimate of drug-likeness (QED) is 0.579. The van der Waals surface area contributed by atoms with E-state index >= 15 is 0 Å². The molecule has 0 radical (unpaired) electrons. The molecule has 0 heterocycles. The maximum Gasteiger partial charge on any atom is 0.136 e. The molecule has 3 heteroatoms. The first-order chi connectivity index (χ1) is 5.74. The van der Waals surface area contributed by atoms with Crippen molar-refractivity contribution in [1.82, 2.24) is 0 Å². The minimum atomic E-state index is -0.127. The van der Waals surface area contributed by atoms with E-state index in [1.807, 2.05) is 34.7 Å². The van der Waals surface area contributed by atoms with Gasteiger partial charge >= 0.3 is 0 Å². The predicted molar refractivity (Wildman–Crippen MR) is 61.2 cm³/mol. The zero-order valence-electron chi connectivity index (χ0n) is 6.49. The maximum atomic E-state index is 12.8. The Morgan fingerprint density at radius 2 is 2.17 bits per heavy atom. The fourth-order valence-corrected chi connectivity index (χ4v) is 1.83. The Balaban J connectivity index is 2.69. The van der Waals surface area contributed by atoms with Gasteiger partial charge in [-0.3, -0.25) is 0 Å². The molecule has 0 aromatic heterocycles. The summed E-state index contributed by atoms with van der Waals surface area (Å²) >= 11 is 5.38. The summed E-state index contributed by atoms with van der Waals surface area (Å²) in [6.07, 6.45) is 2.11. The van der Waals surface area contributed by atoms with Crippen LogP contribution in [0.5, 0.6) is 0 Å². The largest absolute Gasteiger partial charge is 0.206 e. The van der Waals surface area contributed by atoms with Gasteiger partial charge < -0.3 is 0 Å². The minimum Gasteiger partial charge on any atom is -0.206 e. The van der Waals surface area contributed by atoms with Crippen molar-refractivity contribution in [3.05, 3.63) is 33.1 Å². The lowest BCUT2D eigenvalue weighted by atomic mass is 10.1. The summed E-state index contributed by atoms with van der Waals surface area (Å²) in [4.78, 5) is 0. The van der Waals surface area contributed by atoms with Crippen LogP contribution in [0.4, 0.5) is 4.39 Å². The van der Waals surface area contributed by atoms with E-state index in [1.165, 1.54) is 11.6 Å². The van der Waals surface area contributed by atoms with Gasteiger partial charge in [0.15, 0.2) is 0 Å². The average Bonchev–Trinajstić information content (AvgIpc) is 2.07. The molecule has 0 saturated carbocycles. The first-order valence-corrected chi connectivity index (χ1v) is 5.94. The summed E-state index contributed by atoms with van der Waals surface area (Å²) in [5, 5.41) is 1.00. The second kappa shape index (κ2) is 5.17. The van der Waals surface area contributed by atoms with Gasteiger partial charge in [-0.1, -0.05) is 22.0 Å². The lowest BCUT2D eigenvalue weighted by Gasteiger charge is -2.00. The van der Waals surface area contributed by atoms with Gasteiger partial charge in [0.25, 0.3) is 0 Å². The zero-order chi connectivity index (χ0) is 8.97. The molecule has 1 aromatic rings. The number of rotatable bonds is 3. The topological polar surface area (TPSA) is 0 Å². The van der Waals surface area contributed by atoms with Crippen molar-refractivity contribution >= 4 is 38.5 Å². The smallest absolute Gasteiger partial charge is 0.136 e. The SMILES string of the molecule is Fc1ccc(CCCBr)cc1I. The van der Waals surface area contributed by atoms with Gasteiger partial charge in [-0.05, 0) is 53.1 Å². The number of alkyl halides is 1. The van der Waals surface area contributed by atoms with Crippen LogP contribution in [0.1, 0.15) is 12.0 Å². The molecule has 0 bridgehead atoms. The van der Waals surface area contributed by atoms with Crippen LogP contribution in [0.15, 0.2) is 18.2 Å². The predicted octanol–water partition coefficient (Wildman–Crippen LogP) is 3.76. The van der Waals surface area contributed by atoms with Crippen LogP contribution in [-0.4, -0.2) is 5.33 Å². The third kappa shape index (κ3) is 3.01. The highest BCUT2D eigenvalue weighted by molar-refractivity contribution is 14.1. The standard InChI is InChI=1S/C9H9BrFI/c10-5-1-2-7-3-4-8(11)9(12)6-7/h3-4,6H,1-2,5H2. The Bertz CT molecular complexity index is 263. The van der Waals surface area contributed by atoms with Gasteiger partial charge in [-0.2, -0.15) is 0 Å². The Kier molecular flexibility index (Phi) is 4.50. The molecule has 0 aliphatic rings. The maximum absolute atomic E-state index is 12.8. The Morgan fingerprint density at radius 1 is 1.42 bits per heavy atom. The summed E-state index contributed by atoms with van der Waals surface area (Å²) in [6, 6.07) is 5.28. The third-order valence-corrected chi connectivity index (χ3v) is 2.97. The van der Waals surface area contributed by atoms with Crippen molar-refractivity contribution in [2.75, 3.05) is 5.33 Å². The summed E-state index contributed by atoms with van der Waals surface area (Å²) in [5.41, 5.74) is 1.21. The molecule has 0 N–H and O–H groups in total. The molecule has 0 spiro atoms. The summed E-state index contributed by atoms with van der Waals surface area (Å²) in [5.74, 6) is -0.127. The van der Waals surface area contributed by atoms with E-state index in [-0.39, 0.29) is 5.82 Å². The van der Waals surface area contributed by atoms with Crippen molar-refractivity contribution in [3.8, 4) is 0 Å². The normalized spacial score (nSPS) is 10.2. The Labute approximate surface area is 93.8 Å². The summed E-state index contributed by atoms with van der Waals surface area (Å²) < 4.78 is 13.5. The Hall–Kier alpha value is 0.360. The summed E-state index contributed by atoms with van der Waals surface area (Å²) in [7, 11) is 0. The van der Waals surface area contributed by atoms with Crippen LogP contribution in [0.25, 0.3) is 0 Å². The fraction of sp³-hybridized carbons (Fsp3) is 0.333. The first-order valence-electron chi connectivity index (χ1n) is 3.74. The number of hydrogen-bond acceptors (Lipinski definition) is 0. The van der Waals surface area contributed by atoms with Crippen molar-refractivity contribution < 1.29 is 4.39 Å². The average molecular weight is 343 g/mol. The van der Waals surface area contributed by atoms with Gasteiger partial charge in [0, 0.05) is 8.90 Å². The highest BCUT2D eigenvalue weighted by Gasteiger charge is 1.99. The monoisotopic (exact) mass is 342 g/mol. The van der Waals surface area contributed by atoms with E-state index in [0.29, 0.717) is 3.57 Å². The molecule has 0 unspecified atom stereocenters. The van der Waals surface area contributed by atoms with Gasteiger partial charge in [0.2, 0.25) is 0 Å². The van der Waals surface area contributed by atoms with Crippen LogP contribution in [0.3, 0.4) is 0 Å². The van der Waals surface area contributed by atoms with Crippen molar-refractivity contribution in [1.29, 1.82) is 0 Å². The molecule has 0 atom stereocenters.